The highest BCUT2D eigenvalue weighted by Crippen LogP contribution is 2.39. The topological polar surface area (TPSA) is 67.4 Å². The lowest BCUT2D eigenvalue weighted by Crippen LogP contribution is -2.28. The molecule has 0 bridgehead atoms. The molecule has 0 aliphatic heterocycles. The quantitative estimate of drug-likeness (QED) is 0.642. The molecule has 3 aromatic rings. The zero-order valence-corrected chi connectivity index (χ0v) is 17.0. The summed E-state index contributed by atoms with van der Waals surface area (Å²) in [5.41, 5.74) is 4.52. The molecule has 2 aromatic carbocycles. The zero-order valence-electron chi connectivity index (χ0n) is 16.2. The number of anilines is 1. The van der Waals surface area contributed by atoms with Crippen LogP contribution in [0, 0.1) is 0 Å². The number of aryl methyl sites for hydroxylation is 2. The van der Waals surface area contributed by atoms with Crippen molar-refractivity contribution >= 4 is 28.8 Å². The van der Waals surface area contributed by atoms with Gasteiger partial charge in [0.05, 0.1) is 4.88 Å². The van der Waals surface area contributed by atoms with Crippen molar-refractivity contribution in [1.82, 2.24) is 5.32 Å². The summed E-state index contributed by atoms with van der Waals surface area (Å²) in [6.07, 6.45) is 1.98. The van der Waals surface area contributed by atoms with E-state index in [-0.39, 0.29) is 18.4 Å². The Morgan fingerprint density at radius 3 is 2.59 bits per heavy atom. The number of amides is 2. The van der Waals surface area contributed by atoms with Gasteiger partial charge in [0.1, 0.15) is 5.75 Å². The van der Waals surface area contributed by atoms with Crippen LogP contribution in [0.2, 0.25) is 0 Å². The maximum absolute atomic E-state index is 12.7. The molecule has 0 saturated heterocycles. The van der Waals surface area contributed by atoms with Crippen LogP contribution >= 0.6 is 11.3 Å². The van der Waals surface area contributed by atoms with Gasteiger partial charge in [-0.2, -0.15) is 0 Å². The minimum Gasteiger partial charge on any atom is -0.484 e. The van der Waals surface area contributed by atoms with E-state index in [4.69, 9.17) is 4.74 Å². The van der Waals surface area contributed by atoms with E-state index < -0.39 is 0 Å². The second-order valence-electron chi connectivity index (χ2n) is 6.84. The molecule has 1 aliphatic carbocycles. The molecule has 0 saturated carbocycles. The molecule has 0 fully saturated rings. The number of rotatable bonds is 6. The first-order chi connectivity index (χ1) is 14.1. The first-order valence-corrected chi connectivity index (χ1v) is 10.5. The molecule has 5 nitrogen and oxygen atoms in total. The van der Waals surface area contributed by atoms with Crippen molar-refractivity contribution < 1.29 is 14.3 Å². The van der Waals surface area contributed by atoms with Gasteiger partial charge in [0.2, 0.25) is 0 Å². The molecule has 2 N–H and O–H groups in total. The van der Waals surface area contributed by atoms with Crippen LogP contribution in [0.4, 0.5) is 5.69 Å². The van der Waals surface area contributed by atoms with Gasteiger partial charge in [0, 0.05) is 17.1 Å². The third-order valence-electron chi connectivity index (χ3n) is 4.81. The SMILES string of the molecule is CCNC(=O)COc1ccc(NC(=O)c2cc3c(s2)-c2ccccc2CC3)cc1. The average molecular weight is 407 g/mol. The van der Waals surface area contributed by atoms with Gasteiger partial charge in [0.15, 0.2) is 6.61 Å². The monoisotopic (exact) mass is 406 g/mol. The number of likely N-dealkylation sites (N-methyl/N-ethyl adjacent to an activating group) is 1. The van der Waals surface area contributed by atoms with Gasteiger partial charge < -0.3 is 15.4 Å². The Hall–Kier alpha value is -3.12. The van der Waals surface area contributed by atoms with Crippen molar-refractivity contribution in [3.63, 3.8) is 0 Å². The second-order valence-corrected chi connectivity index (χ2v) is 7.90. The Morgan fingerprint density at radius 1 is 1.03 bits per heavy atom. The van der Waals surface area contributed by atoms with Crippen LogP contribution in [0.1, 0.15) is 27.7 Å². The largest absolute Gasteiger partial charge is 0.484 e. The number of fused-ring (bicyclic) bond motifs is 3. The molecule has 0 radical (unpaired) electrons. The van der Waals surface area contributed by atoms with Crippen LogP contribution in [0.25, 0.3) is 10.4 Å². The molecule has 2 amide bonds. The molecule has 0 spiro atoms. The summed E-state index contributed by atoms with van der Waals surface area (Å²) in [6.45, 7) is 2.41. The van der Waals surface area contributed by atoms with E-state index >= 15 is 0 Å². The van der Waals surface area contributed by atoms with Crippen LogP contribution in [-0.4, -0.2) is 25.0 Å². The van der Waals surface area contributed by atoms with Gasteiger partial charge in [-0.25, -0.2) is 0 Å². The van der Waals surface area contributed by atoms with Crippen molar-refractivity contribution in [1.29, 1.82) is 0 Å². The zero-order chi connectivity index (χ0) is 20.2. The van der Waals surface area contributed by atoms with Crippen LogP contribution in [-0.2, 0) is 17.6 Å². The van der Waals surface area contributed by atoms with Gasteiger partial charge in [-0.3, -0.25) is 9.59 Å². The predicted molar refractivity (Wildman–Crippen MR) is 116 cm³/mol. The summed E-state index contributed by atoms with van der Waals surface area (Å²) in [5, 5.41) is 5.62. The van der Waals surface area contributed by atoms with Gasteiger partial charge in [0.25, 0.3) is 11.8 Å². The lowest BCUT2D eigenvalue weighted by Gasteiger charge is -2.15. The fourth-order valence-electron chi connectivity index (χ4n) is 3.41. The highest BCUT2D eigenvalue weighted by Gasteiger charge is 2.21. The molecular formula is C23H22N2O3S. The van der Waals surface area contributed by atoms with Crippen LogP contribution < -0.4 is 15.4 Å². The Kier molecular flexibility index (Phi) is 5.62. The van der Waals surface area contributed by atoms with Crippen LogP contribution in [0.3, 0.4) is 0 Å². The van der Waals surface area contributed by atoms with E-state index in [0.29, 0.717) is 22.9 Å². The van der Waals surface area contributed by atoms with Crippen molar-refractivity contribution in [2.75, 3.05) is 18.5 Å². The number of ether oxygens (including phenoxy) is 1. The normalized spacial score (nSPS) is 11.9. The number of carbonyl (C=O) groups excluding carboxylic acids is 2. The molecule has 0 atom stereocenters. The van der Waals surface area contributed by atoms with Crippen molar-refractivity contribution in [2.45, 2.75) is 19.8 Å². The molecule has 1 aliphatic rings. The van der Waals surface area contributed by atoms with Crippen molar-refractivity contribution in [3.8, 4) is 16.2 Å². The summed E-state index contributed by atoms with van der Waals surface area (Å²) in [4.78, 5) is 26.1. The van der Waals surface area contributed by atoms with Crippen LogP contribution in [0.15, 0.2) is 54.6 Å². The summed E-state index contributed by atoms with van der Waals surface area (Å²) in [5.74, 6) is 0.309. The van der Waals surface area contributed by atoms with E-state index in [1.807, 2.05) is 19.1 Å². The van der Waals surface area contributed by atoms with E-state index in [1.54, 1.807) is 35.6 Å². The summed E-state index contributed by atoms with van der Waals surface area (Å²) >= 11 is 1.54. The molecule has 148 valence electrons. The minimum atomic E-state index is -0.159. The third kappa shape index (κ3) is 4.32. The van der Waals surface area contributed by atoms with E-state index in [2.05, 4.69) is 28.8 Å². The smallest absolute Gasteiger partial charge is 0.265 e. The Labute approximate surface area is 173 Å². The number of hydrogen-bond acceptors (Lipinski definition) is 4. The fourth-order valence-corrected chi connectivity index (χ4v) is 4.57. The Balaban J connectivity index is 1.42. The number of hydrogen-bond donors (Lipinski definition) is 2. The number of nitrogens with one attached hydrogen (secondary N) is 2. The van der Waals surface area contributed by atoms with E-state index in [9.17, 15) is 9.59 Å². The third-order valence-corrected chi connectivity index (χ3v) is 6.02. The predicted octanol–water partition coefficient (Wildman–Crippen LogP) is 4.28. The van der Waals surface area contributed by atoms with E-state index in [0.717, 1.165) is 12.8 Å². The van der Waals surface area contributed by atoms with E-state index in [1.165, 1.54) is 21.6 Å². The maximum Gasteiger partial charge on any atom is 0.265 e. The Bertz CT molecular complexity index is 1040. The molecule has 1 heterocycles. The molecule has 6 heteroatoms. The second kappa shape index (κ2) is 8.49. The fraction of sp³-hybridized carbons (Fsp3) is 0.217. The molecule has 1 aromatic heterocycles. The summed E-state index contributed by atoms with van der Waals surface area (Å²) < 4.78 is 5.43. The standard InChI is InChI=1S/C23H22N2O3S/c1-2-24-21(26)14-28-18-11-9-17(10-12-18)25-23(27)20-13-16-8-7-15-5-3-4-6-19(15)22(16)29-20/h3-6,9-13H,2,7-8,14H2,1H3,(H,24,26)(H,25,27). The summed E-state index contributed by atoms with van der Waals surface area (Å²) in [7, 11) is 0. The molecular weight excluding hydrogens is 384 g/mol. The van der Waals surface area contributed by atoms with Gasteiger partial charge in [-0.1, -0.05) is 24.3 Å². The number of thiophene rings is 1. The first-order valence-electron chi connectivity index (χ1n) is 9.66. The van der Waals surface area contributed by atoms with Crippen molar-refractivity contribution in [3.05, 3.63) is 70.6 Å². The van der Waals surface area contributed by atoms with Gasteiger partial charge in [-0.05, 0) is 66.8 Å². The lowest BCUT2D eigenvalue weighted by atomic mass is 9.91. The molecule has 0 unspecified atom stereocenters. The first kappa shape index (κ1) is 19.2. The Morgan fingerprint density at radius 2 is 1.79 bits per heavy atom. The number of benzene rings is 2. The number of carbonyl (C=O) groups is 2. The van der Waals surface area contributed by atoms with Crippen LogP contribution in [0.5, 0.6) is 5.75 Å². The van der Waals surface area contributed by atoms with Gasteiger partial charge >= 0.3 is 0 Å². The highest BCUT2D eigenvalue weighted by molar-refractivity contribution is 7.17. The lowest BCUT2D eigenvalue weighted by molar-refractivity contribution is -0.122. The molecule has 4 rings (SSSR count). The highest BCUT2D eigenvalue weighted by atomic mass is 32.1. The van der Waals surface area contributed by atoms with Gasteiger partial charge in [-0.15, -0.1) is 11.3 Å². The molecule has 29 heavy (non-hydrogen) atoms. The van der Waals surface area contributed by atoms with Crippen molar-refractivity contribution in [2.24, 2.45) is 0 Å². The summed E-state index contributed by atoms with van der Waals surface area (Å²) in [6, 6.07) is 17.4. The minimum absolute atomic E-state index is 0.0260. The average Bonchev–Trinajstić information content (AvgIpc) is 3.19. The maximum atomic E-state index is 12.7.